The largest absolute Gasteiger partial charge is 0.370 e. The number of amides is 1. The topological polar surface area (TPSA) is 122 Å². The van der Waals surface area contributed by atoms with Gasteiger partial charge in [-0.2, -0.15) is 0 Å². The van der Waals surface area contributed by atoms with Gasteiger partial charge < -0.3 is 16.0 Å². The summed E-state index contributed by atoms with van der Waals surface area (Å²) in [4.78, 5) is 30.8. The van der Waals surface area contributed by atoms with Crippen molar-refractivity contribution in [2.24, 2.45) is 0 Å². The summed E-state index contributed by atoms with van der Waals surface area (Å²) in [7, 11) is 0. The van der Waals surface area contributed by atoms with E-state index in [1.165, 1.54) is 24.3 Å². The third-order valence-electron chi connectivity index (χ3n) is 3.23. The average Bonchev–Trinajstić information content (AvgIpc) is 2.58. The standard InChI is InChI=1S/C16H20N6O3/c1-3-17-14-10-15(21-11(2)20-14)18-7-8-19-16(23)12-5-4-6-13(9-12)22(24)25/h4-6,9-10H,3,7-8H2,1-2H3,(H,19,23)(H2,17,18,20,21). The minimum absolute atomic E-state index is 0.113. The molecule has 2 rings (SSSR count). The number of benzene rings is 1. The third kappa shape index (κ3) is 5.41. The number of nitro groups is 1. The number of anilines is 2. The van der Waals surface area contributed by atoms with Crippen LogP contribution in [-0.2, 0) is 0 Å². The maximum atomic E-state index is 12.0. The molecule has 1 aromatic heterocycles. The van der Waals surface area contributed by atoms with Gasteiger partial charge in [-0.3, -0.25) is 14.9 Å². The number of carbonyl (C=O) groups excluding carboxylic acids is 1. The maximum absolute atomic E-state index is 12.0. The van der Waals surface area contributed by atoms with Crippen molar-refractivity contribution in [1.82, 2.24) is 15.3 Å². The highest BCUT2D eigenvalue weighted by Gasteiger charge is 2.10. The lowest BCUT2D eigenvalue weighted by Gasteiger charge is -2.10. The fourth-order valence-electron chi connectivity index (χ4n) is 2.16. The number of nitrogens with one attached hydrogen (secondary N) is 3. The van der Waals surface area contributed by atoms with E-state index < -0.39 is 4.92 Å². The van der Waals surface area contributed by atoms with Gasteiger partial charge >= 0.3 is 0 Å². The predicted octanol–water partition coefficient (Wildman–Crippen LogP) is 1.97. The SMILES string of the molecule is CCNc1cc(NCCNC(=O)c2cccc([N+](=O)[O-])c2)nc(C)n1. The van der Waals surface area contributed by atoms with Crippen molar-refractivity contribution in [2.45, 2.75) is 13.8 Å². The Kier molecular flexibility index (Phi) is 6.21. The summed E-state index contributed by atoms with van der Waals surface area (Å²) < 4.78 is 0. The van der Waals surface area contributed by atoms with Crippen LogP contribution in [0.25, 0.3) is 0 Å². The molecule has 0 aliphatic heterocycles. The average molecular weight is 344 g/mol. The second-order valence-corrected chi connectivity index (χ2v) is 5.21. The lowest BCUT2D eigenvalue weighted by atomic mass is 10.2. The Morgan fingerprint density at radius 1 is 1.16 bits per heavy atom. The number of hydrogen-bond acceptors (Lipinski definition) is 7. The molecule has 0 saturated heterocycles. The summed E-state index contributed by atoms with van der Waals surface area (Å²) >= 11 is 0. The lowest BCUT2D eigenvalue weighted by molar-refractivity contribution is -0.384. The quantitative estimate of drug-likeness (QED) is 0.380. The first-order valence-corrected chi connectivity index (χ1v) is 7.85. The highest BCUT2D eigenvalue weighted by Crippen LogP contribution is 2.13. The third-order valence-corrected chi connectivity index (χ3v) is 3.23. The van der Waals surface area contributed by atoms with Gasteiger partial charge in [0.25, 0.3) is 11.6 Å². The van der Waals surface area contributed by atoms with Crippen molar-refractivity contribution in [3.8, 4) is 0 Å². The van der Waals surface area contributed by atoms with Crippen molar-refractivity contribution in [1.29, 1.82) is 0 Å². The summed E-state index contributed by atoms with van der Waals surface area (Å²) in [6.45, 7) is 5.35. The van der Waals surface area contributed by atoms with Gasteiger partial charge in [-0.1, -0.05) is 6.07 Å². The molecule has 9 nitrogen and oxygen atoms in total. The summed E-state index contributed by atoms with van der Waals surface area (Å²) in [5.74, 6) is 1.67. The van der Waals surface area contributed by atoms with Crippen molar-refractivity contribution < 1.29 is 9.72 Å². The number of non-ortho nitro benzene ring substituents is 1. The number of nitro benzene ring substituents is 1. The Hall–Kier alpha value is -3.23. The van der Waals surface area contributed by atoms with Gasteiger partial charge in [-0.25, -0.2) is 9.97 Å². The van der Waals surface area contributed by atoms with E-state index in [9.17, 15) is 14.9 Å². The number of carbonyl (C=O) groups is 1. The van der Waals surface area contributed by atoms with Crippen molar-refractivity contribution in [2.75, 3.05) is 30.3 Å². The van der Waals surface area contributed by atoms with Crippen LogP contribution in [0.1, 0.15) is 23.1 Å². The molecule has 0 radical (unpaired) electrons. The number of aromatic nitrogens is 2. The van der Waals surface area contributed by atoms with Gasteiger partial charge in [-0.05, 0) is 19.9 Å². The first kappa shape index (κ1) is 18.1. The Morgan fingerprint density at radius 2 is 1.88 bits per heavy atom. The molecule has 3 N–H and O–H groups in total. The molecule has 1 amide bonds. The van der Waals surface area contributed by atoms with Crippen molar-refractivity contribution in [3.05, 3.63) is 51.8 Å². The number of rotatable bonds is 8. The molecule has 0 bridgehead atoms. The fourth-order valence-corrected chi connectivity index (χ4v) is 2.16. The number of hydrogen-bond donors (Lipinski definition) is 3. The molecule has 0 saturated carbocycles. The van der Waals surface area contributed by atoms with E-state index in [-0.39, 0.29) is 17.2 Å². The molecule has 0 atom stereocenters. The summed E-state index contributed by atoms with van der Waals surface area (Å²) in [6, 6.07) is 7.40. The van der Waals surface area contributed by atoms with Crippen LogP contribution in [0.4, 0.5) is 17.3 Å². The fraction of sp³-hybridized carbons (Fsp3) is 0.312. The Morgan fingerprint density at radius 3 is 2.56 bits per heavy atom. The molecule has 0 unspecified atom stereocenters. The Labute approximate surface area is 145 Å². The van der Waals surface area contributed by atoms with Gasteiger partial charge in [0, 0.05) is 43.4 Å². The summed E-state index contributed by atoms with van der Waals surface area (Å²) in [5.41, 5.74) is 0.139. The molecular weight excluding hydrogens is 324 g/mol. The smallest absolute Gasteiger partial charge is 0.270 e. The van der Waals surface area contributed by atoms with Gasteiger partial charge in [-0.15, -0.1) is 0 Å². The molecule has 1 aromatic carbocycles. The van der Waals surface area contributed by atoms with E-state index in [0.29, 0.717) is 24.7 Å². The molecule has 0 fully saturated rings. The van der Waals surface area contributed by atoms with E-state index in [4.69, 9.17) is 0 Å². The number of aryl methyl sites for hydroxylation is 1. The van der Waals surface area contributed by atoms with Crippen LogP contribution in [0.2, 0.25) is 0 Å². The molecule has 0 spiro atoms. The molecule has 25 heavy (non-hydrogen) atoms. The van der Waals surface area contributed by atoms with Crippen molar-refractivity contribution in [3.63, 3.8) is 0 Å². The van der Waals surface area contributed by atoms with E-state index in [1.54, 1.807) is 13.0 Å². The zero-order valence-corrected chi connectivity index (χ0v) is 14.1. The minimum atomic E-state index is -0.530. The van der Waals surface area contributed by atoms with Gasteiger partial charge in [0.2, 0.25) is 0 Å². The van der Waals surface area contributed by atoms with E-state index in [1.807, 2.05) is 6.92 Å². The van der Waals surface area contributed by atoms with E-state index >= 15 is 0 Å². The first-order valence-electron chi connectivity index (χ1n) is 7.85. The second-order valence-electron chi connectivity index (χ2n) is 5.21. The summed E-state index contributed by atoms with van der Waals surface area (Å²) in [6.07, 6.45) is 0. The van der Waals surface area contributed by atoms with Crippen LogP contribution in [0.15, 0.2) is 30.3 Å². The minimum Gasteiger partial charge on any atom is -0.370 e. The zero-order valence-electron chi connectivity index (χ0n) is 14.1. The van der Waals surface area contributed by atoms with Crippen LogP contribution < -0.4 is 16.0 Å². The second kappa shape index (κ2) is 8.57. The normalized spacial score (nSPS) is 10.2. The van der Waals surface area contributed by atoms with Crippen LogP contribution in [0.3, 0.4) is 0 Å². The molecule has 0 aliphatic carbocycles. The highest BCUT2D eigenvalue weighted by atomic mass is 16.6. The highest BCUT2D eigenvalue weighted by molar-refractivity contribution is 5.94. The van der Waals surface area contributed by atoms with E-state index in [2.05, 4.69) is 25.9 Å². The van der Waals surface area contributed by atoms with Crippen molar-refractivity contribution >= 4 is 23.2 Å². The molecule has 2 aromatic rings. The monoisotopic (exact) mass is 344 g/mol. The van der Waals surface area contributed by atoms with Crippen LogP contribution in [0, 0.1) is 17.0 Å². The molecule has 9 heteroatoms. The summed E-state index contributed by atoms with van der Waals surface area (Å²) in [5, 5.41) is 19.7. The Balaban J connectivity index is 1.86. The molecular formula is C16H20N6O3. The molecule has 132 valence electrons. The lowest BCUT2D eigenvalue weighted by Crippen LogP contribution is -2.29. The van der Waals surface area contributed by atoms with Crippen LogP contribution >= 0.6 is 0 Å². The molecule has 0 aliphatic rings. The first-order chi connectivity index (χ1) is 12.0. The van der Waals surface area contributed by atoms with Crippen LogP contribution in [0.5, 0.6) is 0 Å². The zero-order chi connectivity index (χ0) is 18.2. The predicted molar refractivity (Wildman–Crippen MR) is 94.9 cm³/mol. The van der Waals surface area contributed by atoms with Gasteiger partial charge in [0.15, 0.2) is 0 Å². The van der Waals surface area contributed by atoms with E-state index in [0.717, 1.165) is 12.4 Å². The molecule has 1 heterocycles. The Bertz CT molecular complexity index is 765. The van der Waals surface area contributed by atoms with Gasteiger partial charge in [0.1, 0.15) is 17.5 Å². The number of nitrogens with zero attached hydrogens (tertiary/aromatic N) is 3. The van der Waals surface area contributed by atoms with Gasteiger partial charge in [0.05, 0.1) is 4.92 Å². The maximum Gasteiger partial charge on any atom is 0.270 e. The van der Waals surface area contributed by atoms with Crippen LogP contribution in [-0.4, -0.2) is 40.4 Å².